The summed E-state index contributed by atoms with van der Waals surface area (Å²) in [5, 5.41) is 8.76. The number of hydrogen-bond donors (Lipinski definition) is 0. The summed E-state index contributed by atoms with van der Waals surface area (Å²) < 4.78 is 9.90. The molecule has 4 heteroatoms. The van der Waals surface area contributed by atoms with Crippen LogP contribution in [0, 0.1) is 18.3 Å². The third-order valence-corrected chi connectivity index (χ3v) is 1.89. The van der Waals surface area contributed by atoms with Crippen LogP contribution in [0.5, 0.6) is 5.75 Å². The van der Waals surface area contributed by atoms with Crippen molar-refractivity contribution in [2.75, 3.05) is 6.61 Å². The van der Waals surface area contributed by atoms with Crippen molar-refractivity contribution in [3.8, 4) is 11.8 Å². The van der Waals surface area contributed by atoms with Gasteiger partial charge in [-0.05, 0) is 26.0 Å². The first-order valence-corrected chi connectivity index (χ1v) is 4.97. The largest absolute Gasteiger partial charge is 0.464 e. The Bertz CT molecular complexity index is 392. The Labute approximate surface area is 94.4 Å². The summed E-state index contributed by atoms with van der Waals surface area (Å²) >= 11 is 0. The quantitative estimate of drug-likeness (QED) is 0.725. The Morgan fingerprint density at radius 2 is 2.06 bits per heavy atom. The lowest BCUT2D eigenvalue weighted by atomic mass is 10.2. The summed E-state index contributed by atoms with van der Waals surface area (Å²) in [5.41, 5.74) is 1.08. The van der Waals surface area contributed by atoms with Gasteiger partial charge in [-0.2, -0.15) is 5.26 Å². The van der Waals surface area contributed by atoms with Gasteiger partial charge in [-0.3, -0.25) is 0 Å². The second kappa shape index (κ2) is 5.76. The second-order valence-electron chi connectivity index (χ2n) is 3.19. The van der Waals surface area contributed by atoms with E-state index in [1.807, 2.05) is 19.1 Å². The predicted molar refractivity (Wildman–Crippen MR) is 57.8 cm³/mol. The van der Waals surface area contributed by atoms with E-state index in [1.165, 1.54) is 0 Å². The zero-order valence-electron chi connectivity index (χ0n) is 9.27. The maximum Gasteiger partial charge on any atom is 0.362 e. The number of benzene rings is 1. The average Bonchev–Trinajstić information content (AvgIpc) is 2.28. The smallest absolute Gasteiger partial charge is 0.362 e. The fourth-order valence-electron chi connectivity index (χ4n) is 1.10. The van der Waals surface area contributed by atoms with Gasteiger partial charge < -0.3 is 9.47 Å². The zero-order valence-corrected chi connectivity index (χ0v) is 9.27. The van der Waals surface area contributed by atoms with E-state index in [-0.39, 0.29) is 6.61 Å². The van der Waals surface area contributed by atoms with Gasteiger partial charge in [-0.15, -0.1) is 0 Å². The molecule has 16 heavy (non-hydrogen) atoms. The van der Waals surface area contributed by atoms with Crippen LogP contribution in [-0.2, 0) is 9.53 Å². The van der Waals surface area contributed by atoms with Crippen LogP contribution >= 0.6 is 0 Å². The maximum absolute atomic E-state index is 11.3. The van der Waals surface area contributed by atoms with Gasteiger partial charge in [0, 0.05) is 0 Å². The van der Waals surface area contributed by atoms with Crippen LogP contribution in [0.1, 0.15) is 12.5 Å². The summed E-state index contributed by atoms with van der Waals surface area (Å²) in [5.74, 6) is -0.184. The van der Waals surface area contributed by atoms with E-state index < -0.39 is 12.1 Å². The number of aryl methyl sites for hydroxylation is 1. The van der Waals surface area contributed by atoms with Crippen molar-refractivity contribution < 1.29 is 14.3 Å². The summed E-state index contributed by atoms with van der Waals surface area (Å²) in [6.07, 6.45) is -1.21. The molecule has 1 unspecified atom stereocenters. The number of nitriles is 1. The van der Waals surface area contributed by atoms with Gasteiger partial charge in [0.15, 0.2) is 0 Å². The second-order valence-corrected chi connectivity index (χ2v) is 3.19. The van der Waals surface area contributed by atoms with E-state index in [4.69, 9.17) is 14.7 Å². The highest BCUT2D eigenvalue weighted by Crippen LogP contribution is 2.13. The molecule has 0 N–H and O–H groups in total. The van der Waals surface area contributed by atoms with Crippen molar-refractivity contribution in [2.24, 2.45) is 0 Å². The Balaban J connectivity index is 2.67. The van der Waals surface area contributed by atoms with Crippen LogP contribution in [0.15, 0.2) is 24.3 Å². The highest BCUT2D eigenvalue weighted by molar-refractivity contribution is 5.78. The molecule has 4 nitrogen and oxygen atoms in total. The Kier molecular flexibility index (Phi) is 4.34. The van der Waals surface area contributed by atoms with Crippen LogP contribution < -0.4 is 4.74 Å². The van der Waals surface area contributed by atoms with Gasteiger partial charge in [0.2, 0.25) is 0 Å². The van der Waals surface area contributed by atoms with Crippen molar-refractivity contribution in [3.05, 3.63) is 29.8 Å². The standard InChI is InChI=1S/C12H13NO3/c1-3-15-12(14)11(8-13)16-10-6-4-9(2)5-7-10/h4-7,11H,3H2,1-2H3. The molecular formula is C12H13NO3. The van der Waals surface area contributed by atoms with Crippen LogP contribution in [0.2, 0.25) is 0 Å². The summed E-state index contributed by atoms with van der Waals surface area (Å²) in [4.78, 5) is 11.3. The molecule has 0 spiro atoms. The number of rotatable bonds is 4. The van der Waals surface area contributed by atoms with E-state index in [0.29, 0.717) is 5.75 Å². The molecule has 0 aromatic heterocycles. The molecule has 0 heterocycles. The fourth-order valence-corrected chi connectivity index (χ4v) is 1.10. The molecule has 0 saturated heterocycles. The van der Waals surface area contributed by atoms with E-state index in [9.17, 15) is 4.79 Å². The molecule has 0 aliphatic rings. The highest BCUT2D eigenvalue weighted by Gasteiger charge is 2.20. The third kappa shape index (κ3) is 3.28. The van der Waals surface area contributed by atoms with Gasteiger partial charge in [-0.1, -0.05) is 17.7 Å². The molecule has 1 atom stereocenters. The molecule has 0 radical (unpaired) electrons. The normalized spacial score (nSPS) is 11.3. The summed E-state index contributed by atoms with van der Waals surface area (Å²) in [6.45, 7) is 3.85. The van der Waals surface area contributed by atoms with Crippen molar-refractivity contribution in [2.45, 2.75) is 20.0 Å². The van der Waals surface area contributed by atoms with Crippen molar-refractivity contribution in [3.63, 3.8) is 0 Å². The first kappa shape index (κ1) is 12.1. The predicted octanol–water partition coefficient (Wildman–Crippen LogP) is 1.83. The van der Waals surface area contributed by atoms with E-state index in [0.717, 1.165) is 5.56 Å². The highest BCUT2D eigenvalue weighted by atomic mass is 16.6. The minimum atomic E-state index is -1.21. The topological polar surface area (TPSA) is 59.3 Å². The van der Waals surface area contributed by atoms with Crippen molar-refractivity contribution in [1.82, 2.24) is 0 Å². The molecule has 0 bridgehead atoms. The molecule has 84 valence electrons. The first-order valence-electron chi connectivity index (χ1n) is 4.97. The van der Waals surface area contributed by atoms with Gasteiger partial charge in [0.1, 0.15) is 11.8 Å². The number of nitrogens with zero attached hydrogens (tertiary/aromatic N) is 1. The molecule has 0 amide bonds. The minimum Gasteiger partial charge on any atom is -0.464 e. The molecule has 1 aromatic carbocycles. The molecule has 0 fully saturated rings. The first-order chi connectivity index (χ1) is 7.67. The average molecular weight is 219 g/mol. The fraction of sp³-hybridized carbons (Fsp3) is 0.333. The van der Waals surface area contributed by atoms with Gasteiger partial charge in [-0.25, -0.2) is 4.79 Å². The van der Waals surface area contributed by atoms with Gasteiger partial charge in [0.05, 0.1) is 6.61 Å². The number of ether oxygens (including phenoxy) is 2. The lowest BCUT2D eigenvalue weighted by Gasteiger charge is -2.11. The lowest BCUT2D eigenvalue weighted by molar-refractivity contribution is -0.148. The zero-order chi connectivity index (χ0) is 12.0. The summed E-state index contributed by atoms with van der Waals surface area (Å²) in [7, 11) is 0. The van der Waals surface area contributed by atoms with E-state index in [1.54, 1.807) is 25.1 Å². The Hall–Kier alpha value is -2.02. The number of hydrogen-bond acceptors (Lipinski definition) is 4. The summed E-state index contributed by atoms with van der Waals surface area (Å²) in [6, 6.07) is 8.85. The Morgan fingerprint density at radius 1 is 1.44 bits per heavy atom. The van der Waals surface area contributed by atoms with Crippen molar-refractivity contribution >= 4 is 5.97 Å². The van der Waals surface area contributed by atoms with Crippen molar-refractivity contribution in [1.29, 1.82) is 5.26 Å². The molecule has 1 rings (SSSR count). The van der Waals surface area contributed by atoms with Crippen LogP contribution in [-0.4, -0.2) is 18.7 Å². The SMILES string of the molecule is CCOC(=O)C(C#N)Oc1ccc(C)cc1. The molecule has 0 saturated carbocycles. The van der Waals surface area contributed by atoms with Crippen LogP contribution in [0.4, 0.5) is 0 Å². The van der Waals surface area contributed by atoms with Crippen LogP contribution in [0.3, 0.4) is 0 Å². The van der Waals surface area contributed by atoms with E-state index >= 15 is 0 Å². The third-order valence-electron chi connectivity index (χ3n) is 1.89. The number of carbonyl (C=O) groups excluding carboxylic acids is 1. The Morgan fingerprint density at radius 3 is 2.56 bits per heavy atom. The maximum atomic E-state index is 11.3. The molecular weight excluding hydrogens is 206 g/mol. The molecule has 0 aliphatic heterocycles. The molecule has 1 aromatic rings. The lowest BCUT2D eigenvalue weighted by Crippen LogP contribution is -2.27. The minimum absolute atomic E-state index is 0.230. The van der Waals surface area contributed by atoms with E-state index in [2.05, 4.69) is 0 Å². The number of carbonyl (C=O) groups is 1. The number of esters is 1. The molecule has 0 aliphatic carbocycles. The van der Waals surface area contributed by atoms with Crippen LogP contribution in [0.25, 0.3) is 0 Å². The van der Waals surface area contributed by atoms with Gasteiger partial charge in [0.25, 0.3) is 6.10 Å². The van der Waals surface area contributed by atoms with Gasteiger partial charge >= 0.3 is 5.97 Å². The monoisotopic (exact) mass is 219 g/mol.